The Morgan fingerprint density at radius 1 is 1.22 bits per heavy atom. The molecule has 118 valence electrons. The molecular weight excluding hydrogens is 376 g/mol. The summed E-state index contributed by atoms with van der Waals surface area (Å²) in [6, 6.07) is 11.7. The van der Waals surface area contributed by atoms with Crippen LogP contribution in [0, 0.1) is 0 Å². The highest BCUT2D eigenvalue weighted by Crippen LogP contribution is 2.22. The average Bonchev–Trinajstić information content (AvgIpc) is 2.93. The van der Waals surface area contributed by atoms with Crippen LogP contribution in [0.5, 0.6) is 5.75 Å². The zero-order chi connectivity index (χ0) is 16.1. The number of nitrogens with zero attached hydrogens (tertiary/aromatic N) is 4. The molecule has 0 saturated heterocycles. The number of halogens is 1. The van der Waals surface area contributed by atoms with Gasteiger partial charge in [0.25, 0.3) is 0 Å². The van der Waals surface area contributed by atoms with Crippen molar-refractivity contribution in [2.45, 2.75) is 5.16 Å². The number of aromatic nitrogens is 4. The summed E-state index contributed by atoms with van der Waals surface area (Å²) in [4.78, 5) is 4.12. The number of rotatable bonds is 6. The van der Waals surface area contributed by atoms with E-state index in [0.29, 0.717) is 6.61 Å². The van der Waals surface area contributed by atoms with Gasteiger partial charge in [-0.3, -0.25) is 4.98 Å². The van der Waals surface area contributed by atoms with Gasteiger partial charge in [-0.2, -0.15) is 0 Å². The maximum atomic E-state index is 5.72. The van der Waals surface area contributed by atoms with Crippen molar-refractivity contribution >= 4 is 27.7 Å². The second-order valence-electron chi connectivity index (χ2n) is 4.76. The Bertz CT molecular complexity index is 779. The quantitative estimate of drug-likeness (QED) is 0.473. The Balaban J connectivity index is 1.56. The molecule has 7 heteroatoms. The molecule has 3 rings (SSSR count). The summed E-state index contributed by atoms with van der Waals surface area (Å²) >= 11 is 5.05. The van der Waals surface area contributed by atoms with Gasteiger partial charge in [-0.15, -0.1) is 10.2 Å². The van der Waals surface area contributed by atoms with E-state index in [1.807, 2.05) is 48.0 Å². The summed E-state index contributed by atoms with van der Waals surface area (Å²) in [5, 5.41) is 9.34. The number of ether oxygens (including phenoxy) is 1. The lowest BCUT2D eigenvalue weighted by Gasteiger charge is -2.06. The lowest BCUT2D eigenvalue weighted by Crippen LogP contribution is -2.02. The van der Waals surface area contributed by atoms with Crippen LogP contribution in [0.15, 0.2) is 58.4 Å². The summed E-state index contributed by atoms with van der Waals surface area (Å²) in [5.41, 5.74) is 0.958. The molecule has 0 radical (unpaired) electrons. The molecule has 0 amide bonds. The van der Waals surface area contributed by atoms with E-state index in [4.69, 9.17) is 4.74 Å². The van der Waals surface area contributed by atoms with Gasteiger partial charge < -0.3 is 9.30 Å². The summed E-state index contributed by atoms with van der Waals surface area (Å²) in [6.07, 6.45) is 3.53. The highest BCUT2D eigenvalue weighted by atomic mass is 79.9. The Morgan fingerprint density at radius 2 is 2.13 bits per heavy atom. The van der Waals surface area contributed by atoms with Crippen molar-refractivity contribution in [3.63, 3.8) is 0 Å². The van der Waals surface area contributed by atoms with Crippen LogP contribution in [0.1, 0.15) is 0 Å². The van der Waals surface area contributed by atoms with E-state index in [1.165, 1.54) is 0 Å². The predicted octanol–water partition coefficient (Wildman–Crippen LogP) is 3.81. The fourth-order valence-corrected chi connectivity index (χ4v) is 3.14. The standard InChI is InChI=1S/C16H15BrN4OS/c1-21-15(12-4-3-7-18-11-12)19-20-16(21)23-9-8-22-14-6-2-5-13(17)10-14/h2-7,10-11H,8-9H2,1H3. The second-order valence-corrected chi connectivity index (χ2v) is 6.74. The molecule has 0 aliphatic heterocycles. The Hall–Kier alpha value is -1.86. The number of benzene rings is 1. The highest BCUT2D eigenvalue weighted by molar-refractivity contribution is 9.10. The van der Waals surface area contributed by atoms with Crippen molar-refractivity contribution in [1.82, 2.24) is 19.7 Å². The van der Waals surface area contributed by atoms with Gasteiger partial charge in [-0.05, 0) is 30.3 Å². The molecule has 0 fully saturated rings. The highest BCUT2D eigenvalue weighted by Gasteiger charge is 2.11. The van der Waals surface area contributed by atoms with Gasteiger partial charge in [-0.1, -0.05) is 33.8 Å². The zero-order valence-corrected chi connectivity index (χ0v) is 14.9. The first-order chi connectivity index (χ1) is 11.2. The first-order valence-electron chi connectivity index (χ1n) is 7.05. The number of hydrogen-bond donors (Lipinski definition) is 0. The third kappa shape index (κ3) is 4.11. The molecule has 0 aliphatic rings. The van der Waals surface area contributed by atoms with Gasteiger partial charge in [0.05, 0.1) is 6.61 Å². The molecule has 2 heterocycles. The van der Waals surface area contributed by atoms with E-state index >= 15 is 0 Å². The Morgan fingerprint density at radius 3 is 2.91 bits per heavy atom. The van der Waals surface area contributed by atoms with E-state index in [1.54, 1.807) is 24.2 Å². The lowest BCUT2D eigenvalue weighted by atomic mass is 10.3. The molecule has 0 saturated carbocycles. The molecule has 1 aromatic carbocycles. The van der Waals surface area contributed by atoms with Crippen LogP contribution < -0.4 is 4.74 Å². The van der Waals surface area contributed by atoms with Crippen LogP contribution >= 0.6 is 27.7 Å². The fraction of sp³-hybridized carbons (Fsp3) is 0.188. The van der Waals surface area contributed by atoms with Crippen molar-refractivity contribution in [2.24, 2.45) is 7.05 Å². The minimum Gasteiger partial charge on any atom is -0.493 e. The van der Waals surface area contributed by atoms with E-state index in [-0.39, 0.29) is 0 Å². The third-order valence-corrected chi connectivity index (χ3v) is 4.61. The molecular formula is C16H15BrN4OS. The molecule has 0 atom stereocenters. The molecule has 23 heavy (non-hydrogen) atoms. The molecule has 5 nitrogen and oxygen atoms in total. The van der Waals surface area contributed by atoms with Gasteiger partial charge in [0.2, 0.25) is 0 Å². The van der Waals surface area contributed by atoms with Crippen molar-refractivity contribution < 1.29 is 4.74 Å². The monoisotopic (exact) mass is 390 g/mol. The molecule has 0 spiro atoms. The third-order valence-electron chi connectivity index (χ3n) is 3.13. The topological polar surface area (TPSA) is 52.8 Å². The molecule has 3 aromatic rings. The van der Waals surface area contributed by atoms with E-state index in [9.17, 15) is 0 Å². The molecule has 0 unspecified atom stereocenters. The van der Waals surface area contributed by atoms with E-state index in [2.05, 4.69) is 31.1 Å². The van der Waals surface area contributed by atoms with Crippen LogP contribution in [0.3, 0.4) is 0 Å². The van der Waals surface area contributed by atoms with Gasteiger partial charge in [0.1, 0.15) is 5.75 Å². The zero-order valence-electron chi connectivity index (χ0n) is 12.5. The Kier molecular flexibility index (Phi) is 5.30. The number of pyridine rings is 1. The maximum absolute atomic E-state index is 5.72. The van der Waals surface area contributed by atoms with Crippen LogP contribution in [-0.4, -0.2) is 32.1 Å². The summed E-state index contributed by atoms with van der Waals surface area (Å²) in [6.45, 7) is 0.607. The van der Waals surface area contributed by atoms with Crippen LogP contribution in [0.2, 0.25) is 0 Å². The predicted molar refractivity (Wildman–Crippen MR) is 94.6 cm³/mol. The van der Waals surface area contributed by atoms with Gasteiger partial charge in [-0.25, -0.2) is 0 Å². The van der Waals surface area contributed by atoms with Crippen LogP contribution in [0.4, 0.5) is 0 Å². The molecule has 0 bridgehead atoms. The normalized spacial score (nSPS) is 10.7. The van der Waals surface area contributed by atoms with Crippen molar-refractivity contribution in [1.29, 1.82) is 0 Å². The van der Waals surface area contributed by atoms with Crippen LogP contribution in [-0.2, 0) is 7.05 Å². The minimum atomic E-state index is 0.607. The lowest BCUT2D eigenvalue weighted by molar-refractivity contribution is 0.343. The Labute approximate surface area is 147 Å². The van der Waals surface area contributed by atoms with Crippen molar-refractivity contribution in [3.05, 3.63) is 53.3 Å². The molecule has 2 aromatic heterocycles. The van der Waals surface area contributed by atoms with E-state index in [0.717, 1.165) is 32.5 Å². The summed E-state index contributed by atoms with van der Waals surface area (Å²) < 4.78 is 8.71. The van der Waals surface area contributed by atoms with Gasteiger partial charge >= 0.3 is 0 Å². The average molecular weight is 391 g/mol. The second kappa shape index (κ2) is 7.61. The van der Waals surface area contributed by atoms with Crippen molar-refractivity contribution in [3.8, 4) is 17.1 Å². The van der Waals surface area contributed by atoms with Gasteiger partial charge in [0, 0.05) is 35.2 Å². The summed E-state index contributed by atoms with van der Waals surface area (Å²) in [7, 11) is 1.96. The number of hydrogen-bond acceptors (Lipinski definition) is 5. The maximum Gasteiger partial charge on any atom is 0.191 e. The first-order valence-corrected chi connectivity index (χ1v) is 8.83. The molecule has 0 N–H and O–H groups in total. The summed E-state index contributed by atoms with van der Waals surface area (Å²) in [5.74, 6) is 2.47. The van der Waals surface area contributed by atoms with Crippen LogP contribution in [0.25, 0.3) is 11.4 Å². The fourth-order valence-electron chi connectivity index (χ4n) is 2.04. The molecule has 0 aliphatic carbocycles. The largest absolute Gasteiger partial charge is 0.493 e. The number of thioether (sulfide) groups is 1. The smallest absolute Gasteiger partial charge is 0.191 e. The SMILES string of the molecule is Cn1c(SCCOc2cccc(Br)c2)nnc1-c1cccnc1. The van der Waals surface area contributed by atoms with Gasteiger partial charge in [0.15, 0.2) is 11.0 Å². The minimum absolute atomic E-state index is 0.607. The van der Waals surface area contributed by atoms with E-state index < -0.39 is 0 Å². The first kappa shape index (κ1) is 16.0. The van der Waals surface area contributed by atoms with Crippen molar-refractivity contribution in [2.75, 3.05) is 12.4 Å².